The Morgan fingerprint density at radius 1 is 1.22 bits per heavy atom. The molecule has 0 atom stereocenters. The van der Waals surface area contributed by atoms with Gasteiger partial charge < -0.3 is 5.32 Å². The lowest BCUT2D eigenvalue weighted by atomic mass is 9.99. The Balaban J connectivity index is 2.10. The van der Waals surface area contributed by atoms with E-state index in [4.69, 9.17) is 0 Å². The number of pyridine rings is 2. The van der Waals surface area contributed by atoms with Crippen LogP contribution in [0, 0.1) is 6.92 Å². The van der Waals surface area contributed by atoms with Gasteiger partial charge in [-0.25, -0.2) is 4.98 Å². The monoisotopic (exact) mass is 239 g/mol. The van der Waals surface area contributed by atoms with Crippen molar-refractivity contribution in [2.75, 3.05) is 5.32 Å². The molecule has 0 aliphatic carbocycles. The number of amides is 1. The van der Waals surface area contributed by atoms with Crippen molar-refractivity contribution in [2.24, 2.45) is 0 Å². The van der Waals surface area contributed by atoms with Crippen molar-refractivity contribution in [2.45, 2.75) is 19.8 Å². The highest BCUT2D eigenvalue weighted by atomic mass is 16.1. The molecule has 0 radical (unpaired) electrons. The van der Waals surface area contributed by atoms with Gasteiger partial charge in [0.2, 0.25) is 5.91 Å². The van der Waals surface area contributed by atoms with Gasteiger partial charge in [0.05, 0.1) is 0 Å². The van der Waals surface area contributed by atoms with Gasteiger partial charge in [0.25, 0.3) is 0 Å². The van der Waals surface area contributed by atoms with E-state index in [2.05, 4.69) is 21.4 Å². The molecule has 90 valence electrons. The molecule has 1 N–H and O–H groups in total. The maximum absolute atomic E-state index is 11.3. The van der Waals surface area contributed by atoms with Crippen molar-refractivity contribution in [3.8, 4) is 11.1 Å². The number of hydrogen-bond donors (Lipinski definition) is 1. The third kappa shape index (κ3) is 1.86. The van der Waals surface area contributed by atoms with E-state index in [1.807, 2.05) is 19.1 Å². The van der Waals surface area contributed by atoms with E-state index in [1.165, 1.54) is 0 Å². The van der Waals surface area contributed by atoms with Crippen LogP contribution in [-0.4, -0.2) is 15.9 Å². The van der Waals surface area contributed by atoms with E-state index >= 15 is 0 Å². The van der Waals surface area contributed by atoms with Gasteiger partial charge in [-0.3, -0.25) is 9.78 Å². The first-order chi connectivity index (χ1) is 8.74. The summed E-state index contributed by atoms with van der Waals surface area (Å²) in [7, 11) is 0. The highest BCUT2D eigenvalue weighted by Gasteiger charge is 2.18. The van der Waals surface area contributed by atoms with Crippen LogP contribution in [0.1, 0.15) is 17.7 Å². The number of carbonyl (C=O) groups excluding carboxylic acids is 1. The van der Waals surface area contributed by atoms with Gasteiger partial charge in [0, 0.05) is 30.1 Å². The minimum Gasteiger partial charge on any atom is -0.310 e. The van der Waals surface area contributed by atoms with Crippen molar-refractivity contribution >= 4 is 11.7 Å². The van der Waals surface area contributed by atoms with E-state index < -0.39 is 0 Å². The second kappa shape index (κ2) is 4.22. The normalized spacial score (nSPS) is 13.9. The minimum atomic E-state index is 0.0473. The summed E-state index contributed by atoms with van der Waals surface area (Å²) in [5.41, 5.74) is 4.23. The number of aryl methyl sites for hydroxylation is 2. The number of nitrogens with zero attached hydrogens (tertiary/aromatic N) is 2. The average molecular weight is 239 g/mol. The largest absolute Gasteiger partial charge is 0.310 e. The Kier molecular flexibility index (Phi) is 2.55. The zero-order chi connectivity index (χ0) is 12.5. The van der Waals surface area contributed by atoms with Gasteiger partial charge in [-0.1, -0.05) is 0 Å². The molecule has 0 saturated heterocycles. The number of anilines is 1. The number of carbonyl (C=O) groups is 1. The van der Waals surface area contributed by atoms with Crippen LogP contribution in [-0.2, 0) is 11.2 Å². The predicted octanol–water partition coefficient (Wildman–Crippen LogP) is 2.34. The fourth-order valence-electron chi connectivity index (χ4n) is 2.21. The lowest BCUT2D eigenvalue weighted by Crippen LogP contribution is -2.20. The van der Waals surface area contributed by atoms with E-state index in [0.717, 1.165) is 28.8 Å². The fraction of sp³-hybridized carbons (Fsp3) is 0.214. The zero-order valence-electron chi connectivity index (χ0n) is 10.1. The molecule has 0 saturated carbocycles. The molecule has 3 heterocycles. The first-order valence-electron chi connectivity index (χ1n) is 5.95. The van der Waals surface area contributed by atoms with Crippen molar-refractivity contribution in [3.63, 3.8) is 0 Å². The molecule has 1 amide bonds. The number of aromatic nitrogens is 2. The quantitative estimate of drug-likeness (QED) is 0.831. The number of nitrogens with one attached hydrogen (secondary N) is 1. The van der Waals surface area contributed by atoms with Crippen LogP contribution in [0.2, 0.25) is 0 Å². The van der Waals surface area contributed by atoms with Crippen LogP contribution in [0.25, 0.3) is 11.1 Å². The Bertz CT molecular complexity index is 608. The number of hydrogen-bond acceptors (Lipinski definition) is 3. The molecule has 0 aromatic carbocycles. The first kappa shape index (κ1) is 10.9. The summed E-state index contributed by atoms with van der Waals surface area (Å²) >= 11 is 0. The van der Waals surface area contributed by atoms with E-state index in [-0.39, 0.29) is 5.91 Å². The van der Waals surface area contributed by atoms with Gasteiger partial charge in [-0.2, -0.15) is 0 Å². The SMILES string of the molecule is Cc1nc2c(cc1-c1ccncc1)CCC(=O)N2. The van der Waals surface area contributed by atoms with Crippen LogP contribution in [0.15, 0.2) is 30.6 Å². The lowest BCUT2D eigenvalue weighted by Gasteiger charge is -2.18. The topological polar surface area (TPSA) is 54.9 Å². The maximum Gasteiger partial charge on any atom is 0.225 e. The Labute approximate surface area is 105 Å². The fourth-order valence-corrected chi connectivity index (χ4v) is 2.21. The molecule has 1 aliphatic heterocycles. The molecule has 18 heavy (non-hydrogen) atoms. The summed E-state index contributed by atoms with van der Waals surface area (Å²) in [6.45, 7) is 1.96. The molecule has 1 aliphatic rings. The Morgan fingerprint density at radius 3 is 2.78 bits per heavy atom. The van der Waals surface area contributed by atoms with Crippen molar-refractivity contribution < 1.29 is 4.79 Å². The van der Waals surface area contributed by atoms with E-state index in [1.54, 1.807) is 12.4 Å². The molecule has 0 bridgehead atoms. The molecule has 0 spiro atoms. The predicted molar refractivity (Wildman–Crippen MR) is 69.2 cm³/mol. The summed E-state index contributed by atoms with van der Waals surface area (Å²) in [4.78, 5) is 19.8. The van der Waals surface area contributed by atoms with E-state index in [9.17, 15) is 4.79 Å². The third-order valence-electron chi connectivity index (χ3n) is 3.16. The molecule has 0 fully saturated rings. The van der Waals surface area contributed by atoms with Gasteiger partial charge in [-0.15, -0.1) is 0 Å². The van der Waals surface area contributed by atoms with Gasteiger partial charge in [-0.05, 0) is 42.7 Å². The summed E-state index contributed by atoms with van der Waals surface area (Å²) in [5.74, 6) is 0.757. The molecular weight excluding hydrogens is 226 g/mol. The molecular formula is C14H13N3O. The summed E-state index contributed by atoms with van der Waals surface area (Å²) in [6, 6.07) is 6.06. The van der Waals surface area contributed by atoms with Crippen LogP contribution in [0.5, 0.6) is 0 Å². The standard InChI is InChI=1S/C14H13N3O/c1-9-12(10-4-6-15-7-5-10)8-11-2-3-13(18)17-14(11)16-9/h4-8H,2-3H2,1H3,(H,16,17,18). The van der Waals surface area contributed by atoms with Gasteiger partial charge in [0.1, 0.15) is 5.82 Å². The van der Waals surface area contributed by atoms with Crippen LogP contribution in [0.3, 0.4) is 0 Å². The first-order valence-corrected chi connectivity index (χ1v) is 5.95. The molecule has 0 unspecified atom stereocenters. The number of rotatable bonds is 1. The van der Waals surface area contributed by atoms with Crippen molar-refractivity contribution in [3.05, 3.63) is 41.9 Å². The highest BCUT2D eigenvalue weighted by molar-refractivity contribution is 5.93. The van der Waals surface area contributed by atoms with Crippen LogP contribution in [0.4, 0.5) is 5.82 Å². The van der Waals surface area contributed by atoms with E-state index in [0.29, 0.717) is 12.2 Å². The molecule has 4 heteroatoms. The zero-order valence-corrected chi connectivity index (χ0v) is 10.1. The lowest BCUT2D eigenvalue weighted by molar-refractivity contribution is -0.116. The second-order valence-electron chi connectivity index (χ2n) is 4.41. The summed E-state index contributed by atoms with van der Waals surface area (Å²) < 4.78 is 0. The van der Waals surface area contributed by atoms with Gasteiger partial charge >= 0.3 is 0 Å². The molecule has 4 nitrogen and oxygen atoms in total. The smallest absolute Gasteiger partial charge is 0.225 e. The third-order valence-corrected chi connectivity index (χ3v) is 3.16. The van der Waals surface area contributed by atoms with Crippen LogP contribution < -0.4 is 5.32 Å². The number of fused-ring (bicyclic) bond motifs is 1. The van der Waals surface area contributed by atoms with Crippen molar-refractivity contribution in [1.82, 2.24) is 9.97 Å². The molecule has 2 aromatic heterocycles. The second-order valence-corrected chi connectivity index (χ2v) is 4.41. The summed E-state index contributed by atoms with van der Waals surface area (Å²) in [5, 5.41) is 2.82. The average Bonchev–Trinajstić information content (AvgIpc) is 2.39. The highest BCUT2D eigenvalue weighted by Crippen LogP contribution is 2.28. The molecule has 3 rings (SSSR count). The summed E-state index contributed by atoms with van der Waals surface area (Å²) in [6.07, 6.45) is 4.84. The van der Waals surface area contributed by atoms with Crippen molar-refractivity contribution in [1.29, 1.82) is 0 Å². The Hall–Kier alpha value is -2.23. The maximum atomic E-state index is 11.3. The molecule has 2 aromatic rings. The van der Waals surface area contributed by atoms with Gasteiger partial charge in [0.15, 0.2) is 0 Å². The minimum absolute atomic E-state index is 0.0473. The van der Waals surface area contributed by atoms with Crippen LogP contribution >= 0.6 is 0 Å². The Morgan fingerprint density at radius 2 is 2.00 bits per heavy atom.